The lowest BCUT2D eigenvalue weighted by atomic mass is 10.1. The quantitative estimate of drug-likeness (QED) is 0.672. The highest BCUT2D eigenvalue weighted by molar-refractivity contribution is 5.96. The Bertz CT molecular complexity index is 981. The highest BCUT2D eigenvalue weighted by atomic mass is 19.1. The number of halogens is 1. The summed E-state index contributed by atoms with van der Waals surface area (Å²) in [6.07, 6.45) is 0.266. The van der Waals surface area contributed by atoms with E-state index in [0.29, 0.717) is 41.0 Å². The van der Waals surface area contributed by atoms with Crippen molar-refractivity contribution in [1.29, 1.82) is 0 Å². The normalized spacial score (nSPS) is 16.5. The first-order valence-corrected chi connectivity index (χ1v) is 8.70. The molecule has 1 aliphatic rings. The van der Waals surface area contributed by atoms with Crippen LogP contribution in [0.5, 0.6) is 11.5 Å². The third-order valence-electron chi connectivity index (χ3n) is 4.67. The van der Waals surface area contributed by atoms with Crippen molar-refractivity contribution in [2.24, 2.45) is 0 Å². The van der Waals surface area contributed by atoms with Crippen LogP contribution in [0.25, 0.3) is 11.5 Å². The first kappa shape index (κ1) is 18.0. The number of carbonyl (C=O) groups excluding carboxylic acids is 1. The number of amides is 1. The van der Waals surface area contributed by atoms with E-state index in [1.165, 1.54) is 12.1 Å². The van der Waals surface area contributed by atoms with E-state index in [1.807, 2.05) is 0 Å². The molecule has 28 heavy (non-hydrogen) atoms. The van der Waals surface area contributed by atoms with Crippen molar-refractivity contribution < 1.29 is 23.2 Å². The lowest BCUT2D eigenvalue weighted by Gasteiger charge is -2.18. The maximum absolute atomic E-state index is 13.1. The molecule has 1 amide bonds. The minimum absolute atomic E-state index is 0.0477. The largest absolute Gasteiger partial charge is 0.497 e. The van der Waals surface area contributed by atoms with E-state index in [9.17, 15) is 9.18 Å². The molecule has 1 fully saturated rings. The number of anilines is 1. The minimum Gasteiger partial charge on any atom is -0.497 e. The zero-order chi connectivity index (χ0) is 19.7. The molecule has 4 rings (SSSR count). The van der Waals surface area contributed by atoms with Gasteiger partial charge in [0.15, 0.2) is 5.82 Å². The average Bonchev–Trinajstić information content (AvgIpc) is 3.35. The van der Waals surface area contributed by atoms with Crippen LogP contribution in [0.1, 0.15) is 18.2 Å². The molecule has 7 nitrogen and oxygen atoms in total. The maximum Gasteiger partial charge on any atom is 0.257 e. The van der Waals surface area contributed by atoms with Gasteiger partial charge in [-0.05, 0) is 24.3 Å². The van der Waals surface area contributed by atoms with Crippen LogP contribution >= 0.6 is 0 Å². The Kier molecular flexibility index (Phi) is 4.68. The first-order valence-electron chi connectivity index (χ1n) is 8.70. The second kappa shape index (κ2) is 7.30. The van der Waals surface area contributed by atoms with E-state index >= 15 is 0 Å². The van der Waals surface area contributed by atoms with E-state index in [4.69, 9.17) is 14.0 Å². The van der Waals surface area contributed by atoms with Crippen LogP contribution in [0, 0.1) is 5.82 Å². The van der Waals surface area contributed by atoms with E-state index in [1.54, 1.807) is 49.5 Å². The second-order valence-electron chi connectivity index (χ2n) is 6.44. The summed E-state index contributed by atoms with van der Waals surface area (Å²) < 4.78 is 28.9. The van der Waals surface area contributed by atoms with Crippen molar-refractivity contribution in [3.05, 3.63) is 54.1 Å². The van der Waals surface area contributed by atoms with Crippen LogP contribution in [0.4, 0.5) is 10.1 Å². The standard InChI is InChI=1S/C20H18FN3O4/c1-26-16-8-15(9-17(10-16)27-2)24-11-13(7-18(24)25)19-22-20(28-23-19)12-3-5-14(21)6-4-12/h3-6,8-10,13H,7,11H2,1-2H3. The molecule has 0 spiro atoms. The summed E-state index contributed by atoms with van der Waals surface area (Å²) in [5.41, 5.74) is 1.31. The number of ether oxygens (including phenoxy) is 2. The molecule has 1 unspecified atom stereocenters. The summed E-state index contributed by atoms with van der Waals surface area (Å²) in [7, 11) is 3.12. The summed E-state index contributed by atoms with van der Waals surface area (Å²) in [5, 5.41) is 4.02. The maximum atomic E-state index is 13.1. The molecule has 1 aromatic heterocycles. The molecular formula is C20H18FN3O4. The van der Waals surface area contributed by atoms with Crippen LogP contribution in [0.2, 0.25) is 0 Å². The number of nitrogens with zero attached hydrogens (tertiary/aromatic N) is 3. The summed E-state index contributed by atoms with van der Waals surface area (Å²) >= 11 is 0. The second-order valence-corrected chi connectivity index (χ2v) is 6.44. The predicted octanol–water partition coefficient (Wildman–Crippen LogP) is 3.41. The minimum atomic E-state index is -0.339. The van der Waals surface area contributed by atoms with E-state index in [2.05, 4.69) is 10.1 Å². The number of rotatable bonds is 5. The number of methoxy groups -OCH3 is 2. The molecule has 0 bridgehead atoms. The Morgan fingerprint density at radius 2 is 1.79 bits per heavy atom. The van der Waals surface area contributed by atoms with Crippen LogP contribution in [-0.2, 0) is 4.79 Å². The predicted molar refractivity (Wildman–Crippen MR) is 98.9 cm³/mol. The van der Waals surface area contributed by atoms with Crippen LogP contribution in [0.15, 0.2) is 47.0 Å². The summed E-state index contributed by atoms with van der Waals surface area (Å²) in [6, 6.07) is 11.1. The van der Waals surface area contributed by atoms with Crippen molar-refractivity contribution in [2.75, 3.05) is 25.7 Å². The van der Waals surface area contributed by atoms with Crippen molar-refractivity contribution in [1.82, 2.24) is 10.1 Å². The van der Waals surface area contributed by atoms with E-state index in [0.717, 1.165) is 0 Å². The molecule has 1 saturated heterocycles. The Hall–Kier alpha value is -3.42. The van der Waals surface area contributed by atoms with Crippen molar-refractivity contribution in [3.63, 3.8) is 0 Å². The fourth-order valence-corrected chi connectivity index (χ4v) is 3.19. The number of carbonyl (C=O) groups is 1. The monoisotopic (exact) mass is 383 g/mol. The molecule has 1 aliphatic heterocycles. The third-order valence-corrected chi connectivity index (χ3v) is 4.67. The Morgan fingerprint density at radius 1 is 1.11 bits per heavy atom. The molecule has 144 valence electrons. The van der Waals surface area contributed by atoms with Gasteiger partial charge >= 0.3 is 0 Å². The Morgan fingerprint density at radius 3 is 2.43 bits per heavy atom. The lowest BCUT2D eigenvalue weighted by molar-refractivity contribution is -0.117. The molecule has 8 heteroatoms. The molecule has 0 N–H and O–H groups in total. The van der Waals surface area contributed by atoms with Gasteiger partial charge in [0.05, 0.1) is 19.9 Å². The van der Waals surface area contributed by atoms with Gasteiger partial charge in [-0.25, -0.2) is 4.39 Å². The highest BCUT2D eigenvalue weighted by Gasteiger charge is 2.35. The molecule has 2 heterocycles. The number of benzene rings is 2. The molecule has 0 radical (unpaired) electrons. The van der Waals surface area contributed by atoms with E-state index in [-0.39, 0.29) is 24.1 Å². The van der Waals surface area contributed by atoms with Gasteiger partial charge in [0, 0.05) is 42.6 Å². The topological polar surface area (TPSA) is 77.7 Å². The smallest absolute Gasteiger partial charge is 0.257 e. The van der Waals surface area contributed by atoms with Crippen LogP contribution in [-0.4, -0.2) is 36.8 Å². The number of hydrogen-bond acceptors (Lipinski definition) is 6. The van der Waals surface area contributed by atoms with Gasteiger partial charge in [0.25, 0.3) is 5.89 Å². The van der Waals surface area contributed by atoms with Gasteiger partial charge in [0.2, 0.25) is 5.91 Å². The third kappa shape index (κ3) is 3.40. The van der Waals surface area contributed by atoms with Gasteiger partial charge < -0.3 is 18.9 Å². The Balaban J connectivity index is 1.56. The molecule has 0 aliphatic carbocycles. The molecule has 1 atom stereocenters. The van der Waals surface area contributed by atoms with Gasteiger partial charge in [-0.1, -0.05) is 5.16 Å². The average molecular weight is 383 g/mol. The van der Waals surface area contributed by atoms with Gasteiger partial charge in [0.1, 0.15) is 17.3 Å². The fourth-order valence-electron chi connectivity index (χ4n) is 3.19. The Labute approximate surface area is 160 Å². The zero-order valence-electron chi connectivity index (χ0n) is 15.4. The molecule has 0 saturated carbocycles. The van der Waals surface area contributed by atoms with Crippen molar-refractivity contribution >= 4 is 11.6 Å². The van der Waals surface area contributed by atoms with E-state index < -0.39 is 0 Å². The SMILES string of the molecule is COc1cc(OC)cc(N2CC(c3noc(-c4ccc(F)cc4)n3)CC2=O)c1. The first-order chi connectivity index (χ1) is 13.6. The van der Waals surface area contributed by atoms with Gasteiger partial charge in [-0.2, -0.15) is 4.98 Å². The summed E-state index contributed by atoms with van der Waals surface area (Å²) in [5.74, 6) is 1.35. The molecule has 3 aromatic rings. The van der Waals surface area contributed by atoms with Crippen molar-refractivity contribution in [3.8, 4) is 23.0 Å². The molecule has 2 aromatic carbocycles. The number of aromatic nitrogens is 2. The lowest BCUT2D eigenvalue weighted by Crippen LogP contribution is -2.24. The fraction of sp³-hybridized carbons (Fsp3) is 0.250. The number of hydrogen-bond donors (Lipinski definition) is 0. The summed E-state index contributed by atoms with van der Waals surface area (Å²) in [4.78, 5) is 18.6. The van der Waals surface area contributed by atoms with Gasteiger partial charge in [-0.3, -0.25) is 4.79 Å². The highest BCUT2D eigenvalue weighted by Crippen LogP contribution is 2.35. The van der Waals surface area contributed by atoms with Gasteiger partial charge in [-0.15, -0.1) is 0 Å². The molecular weight excluding hydrogens is 365 g/mol. The van der Waals surface area contributed by atoms with Crippen LogP contribution in [0.3, 0.4) is 0 Å². The zero-order valence-corrected chi connectivity index (χ0v) is 15.4. The van der Waals surface area contributed by atoms with Crippen molar-refractivity contribution in [2.45, 2.75) is 12.3 Å². The van der Waals surface area contributed by atoms with Crippen LogP contribution < -0.4 is 14.4 Å². The summed E-state index contributed by atoms with van der Waals surface area (Å²) in [6.45, 7) is 0.414.